The van der Waals surface area contributed by atoms with Gasteiger partial charge in [-0.2, -0.15) is 5.26 Å². The Morgan fingerprint density at radius 1 is 1.38 bits per heavy atom. The number of aliphatic imine (C=N–C) groups is 1. The summed E-state index contributed by atoms with van der Waals surface area (Å²) in [6.07, 6.45) is 0. The number of sulfonamides is 1. The van der Waals surface area contributed by atoms with Gasteiger partial charge < -0.3 is 10.1 Å². The smallest absolute Gasteiger partial charge is 0.237 e. The van der Waals surface area contributed by atoms with Gasteiger partial charge in [0.25, 0.3) is 0 Å². The second-order valence-electron chi connectivity index (χ2n) is 7.79. The third-order valence-corrected chi connectivity index (χ3v) is 12.2. The van der Waals surface area contributed by atoms with Crippen molar-refractivity contribution in [2.75, 3.05) is 28.2 Å². The number of nitrogens with zero attached hydrogens (tertiary/aromatic N) is 2. The Kier molecular flexibility index (Phi) is 8.63. The molecule has 2 aromatic carbocycles. The molecule has 1 fully saturated rings. The van der Waals surface area contributed by atoms with Gasteiger partial charge in [-0.25, -0.2) is 25.4 Å². The first kappa shape index (κ1) is 28.6. The van der Waals surface area contributed by atoms with E-state index in [0.717, 1.165) is 6.07 Å². The lowest BCUT2D eigenvalue weighted by molar-refractivity contribution is 0.342. The van der Waals surface area contributed by atoms with E-state index in [0.29, 0.717) is 5.69 Å². The molecule has 0 bridgehead atoms. The van der Waals surface area contributed by atoms with E-state index < -0.39 is 51.3 Å². The molecule has 1 heterocycles. The molecule has 2 atom stereocenters. The molecule has 0 amide bonds. The summed E-state index contributed by atoms with van der Waals surface area (Å²) in [5.41, 5.74) is 1.09. The summed E-state index contributed by atoms with van der Waals surface area (Å²) in [7, 11) is -10.7. The number of hydrogen-bond donors (Lipinski definition) is 2. The van der Waals surface area contributed by atoms with Gasteiger partial charge in [-0.1, -0.05) is 11.6 Å². The minimum absolute atomic E-state index is 0.0676. The van der Waals surface area contributed by atoms with Crippen molar-refractivity contribution in [2.45, 2.75) is 19.1 Å². The largest absolute Gasteiger partial charge is 0.492 e. The average Bonchev–Trinajstić information content (AvgIpc) is 3.13. The van der Waals surface area contributed by atoms with Crippen LogP contribution in [0.15, 0.2) is 40.9 Å². The topological polar surface area (TPSA) is 155 Å². The Morgan fingerprint density at radius 3 is 2.62 bits per heavy atom. The van der Waals surface area contributed by atoms with Gasteiger partial charge in [0.05, 0.1) is 51.8 Å². The maximum absolute atomic E-state index is 13.6. The summed E-state index contributed by atoms with van der Waals surface area (Å²) in [5.74, 6) is -1.93. The predicted octanol–water partition coefficient (Wildman–Crippen LogP) is 3.78. The number of rotatable bonds is 9. The maximum Gasteiger partial charge on any atom is 0.237 e. The van der Waals surface area contributed by atoms with Gasteiger partial charge in [-0.05, 0) is 44.8 Å². The maximum atomic E-state index is 13.6. The molecule has 15 heteroatoms. The molecule has 1 saturated heterocycles. The summed E-state index contributed by atoms with van der Waals surface area (Å²) in [5, 5.41) is 11.0. The predicted molar refractivity (Wildman–Crippen MR) is 143 cm³/mol. The fraction of sp³-hybridized carbons (Fsp3) is 0.273. The molecule has 0 saturated carbocycles. The van der Waals surface area contributed by atoms with Crippen molar-refractivity contribution in [1.82, 2.24) is 0 Å². The highest BCUT2D eigenvalue weighted by Crippen LogP contribution is 2.39. The molecule has 1 aliphatic heterocycles. The molecule has 0 aliphatic carbocycles. The van der Waals surface area contributed by atoms with Gasteiger partial charge in [-0.15, -0.1) is 0 Å². The van der Waals surface area contributed by atoms with Crippen molar-refractivity contribution < 1.29 is 30.2 Å². The molecule has 3 rings (SSSR count). The number of halogens is 2. The van der Waals surface area contributed by atoms with Crippen molar-refractivity contribution in [3.63, 3.8) is 0 Å². The van der Waals surface area contributed by atoms with Crippen LogP contribution in [0.3, 0.4) is 0 Å². The number of nitriles is 1. The van der Waals surface area contributed by atoms with Crippen LogP contribution in [-0.4, -0.2) is 51.1 Å². The van der Waals surface area contributed by atoms with E-state index in [1.165, 1.54) is 31.2 Å². The highest BCUT2D eigenvalue weighted by molar-refractivity contribution is 8.64. The Morgan fingerprint density at radius 2 is 2.08 bits per heavy atom. The van der Waals surface area contributed by atoms with E-state index in [-0.39, 0.29) is 45.6 Å². The fourth-order valence-electron chi connectivity index (χ4n) is 3.41. The number of allylic oxidation sites excluding steroid dienone is 1. The van der Waals surface area contributed by atoms with E-state index in [1.807, 2.05) is 6.07 Å². The Labute approximate surface area is 221 Å². The van der Waals surface area contributed by atoms with Gasteiger partial charge in [0.2, 0.25) is 18.9 Å². The zero-order chi connectivity index (χ0) is 27.5. The van der Waals surface area contributed by atoms with E-state index in [1.54, 1.807) is 6.92 Å². The lowest BCUT2D eigenvalue weighted by Crippen LogP contribution is -2.31. The summed E-state index contributed by atoms with van der Waals surface area (Å²) < 4.78 is 83.2. The van der Waals surface area contributed by atoms with E-state index in [2.05, 4.69) is 21.7 Å². The Balaban J connectivity index is 2.14. The minimum atomic E-state index is -4.32. The summed E-state index contributed by atoms with van der Waals surface area (Å²) in [6.45, 7) is 6.86. The first-order valence-electron chi connectivity index (χ1n) is 10.6. The number of hydrogen-bond acceptors (Lipinski definition) is 9. The Bertz CT molecular complexity index is 1570. The summed E-state index contributed by atoms with van der Waals surface area (Å²) in [4.78, 5) is 3.97. The van der Waals surface area contributed by atoms with Crippen LogP contribution < -0.4 is 14.8 Å². The number of ether oxygens (including phenoxy) is 1. The van der Waals surface area contributed by atoms with Crippen LogP contribution >= 0.6 is 11.6 Å². The molecule has 10 nitrogen and oxygen atoms in total. The lowest BCUT2D eigenvalue weighted by atomic mass is 10.0. The van der Waals surface area contributed by atoms with Crippen molar-refractivity contribution in [1.29, 1.82) is 5.26 Å². The van der Waals surface area contributed by atoms with Crippen LogP contribution in [0.4, 0.5) is 21.5 Å². The van der Waals surface area contributed by atoms with Crippen LogP contribution in [0.25, 0.3) is 5.70 Å². The Hall–Kier alpha value is -2.99. The van der Waals surface area contributed by atoms with Crippen LogP contribution in [0, 0.1) is 17.1 Å². The van der Waals surface area contributed by atoms with Gasteiger partial charge >= 0.3 is 0 Å². The second kappa shape index (κ2) is 11.2. The highest BCUT2D eigenvalue weighted by Gasteiger charge is 2.43. The molecular weight excluding hydrogens is 567 g/mol. The molecule has 0 radical (unpaired) electrons. The number of nitrogens with one attached hydrogen (secondary N) is 2. The van der Waals surface area contributed by atoms with Crippen molar-refractivity contribution >= 4 is 69.8 Å². The molecule has 2 unspecified atom stereocenters. The standard InChI is InChI=1S/C22H22ClFN4O6S3/c1-4-34-21-9-19(26-3)16(22(13(2)10-25)27-14-5-6-18(24)17(23)7-14)8-20(21)28-37(32,33)15-11-35(29)36(30,31)12-15/h5-9,15,27-28H,3-4,11-12H2,1-2H3/b22-13-. The van der Waals surface area contributed by atoms with Gasteiger partial charge in [0.15, 0.2) is 0 Å². The third-order valence-electron chi connectivity index (χ3n) is 5.26. The van der Waals surface area contributed by atoms with Crippen LogP contribution in [0.5, 0.6) is 5.75 Å². The van der Waals surface area contributed by atoms with E-state index in [4.69, 9.17) is 16.3 Å². The highest BCUT2D eigenvalue weighted by atomic mass is 35.5. The van der Waals surface area contributed by atoms with Crippen LogP contribution in [-0.2, 0) is 28.7 Å². The molecule has 2 N–H and O–H groups in total. The fourth-order valence-corrected chi connectivity index (χ4v) is 10.7. The van der Waals surface area contributed by atoms with Gasteiger partial charge in [0, 0.05) is 17.3 Å². The monoisotopic (exact) mass is 588 g/mol. The molecule has 198 valence electrons. The van der Waals surface area contributed by atoms with Gasteiger partial charge in [-0.3, -0.25) is 9.71 Å². The van der Waals surface area contributed by atoms with Crippen molar-refractivity contribution in [3.8, 4) is 11.8 Å². The first-order chi connectivity index (χ1) is 17.3. The number of benzene rings is 2. The quantitative estimate of drug-likeness (QED) is 0.255. The SMILES string of the molecule is C=Nc1cc(OCC)c(NS(=O)(=O)C2CS(=O)S(=O)(=O)C2)cc1/C(Nc1ccc(F)c(Cl)c1)=C(\C)C#N. The van der Waals surface area contributed by atoms with Crippen molar-refractivity contribution in [2.24, 2.45) is 4.99 Å². The lowest BCUT2D eigenvalue weighted by Gasteiger charge is -2.20. The molecule has 1 aliphatic rings. The molecule has 37 heavy (non-hydrogen) atoms. The minimum Gasteiger partial charge on any atom is -0.492 e. The van der Waals surface area contributed by atoms with Crippen LogP contribution in [0.2, 0.25) is 5.02 Å². The molecule has 0 spiro atoms. The third kappa shape index (κ3) is 6.30. The van der Waals surface area contributed by atoms with Crippen LogP contribution in [0.1, 0.15) is 19.4 Å². The molecular formula is C22H22ClFN4O6S3. The first-order valence-corrected chi connectivity index (χ1v) is 16.0. The van der Waals surface area contributed by atoms with Crippen molar-refractivity contribution in [3.05, 3.63) is 52.3 Å². The molecule has 0 aromatic heterocycles. The molecule has 2 aromatic rings. The van der Waals surface area contributed by atoms with E-state index in [9.17, 15) is 30.7 Å². The summed E-state index contributed by atoms with van der Waals surface area (Å²) in [6, 6.07) is 8.59. The number of anilines is 2. The summed E-state index contributed by atoms with van der Waals surface area (Å²) >= 11 is 5.88. The second-order valence-corrected chi connectivity index (χ2v) is 15.2. The van der Waals surface area contributed by atoms with E-state index >= 15 is 0 Å². The zero-order valence-corrected chi connectivity index (χ0v) is 22.8. The average molecular weight is 589 g/mol. The normalized spacial score (nSPS) is 19.4. The zero-order valence-electron chi connectivity index (χ0n) is 19.6. The van der Waals surface area contributed by atoms with Gasteiger partial charge in [0.1, 0.15) is 26.6 Å².